The maximum Gasteiger partial charge on any atom is 0.316 e. The van der Waals surface area contributed by atoms with E-state index in [9.17, 15) is 9.59 Å². The highest BCUT2D eigenvalue weighted by atomic mass is 16.6. The molecule has 4 atom stereocenters. The van der Waals surface area contributed by atoms with Gasteiger partial charge in [0.05, 0.1) is 11.8 Å². The standard InChI is InChI=1S/C16H26O3/c1-11-5-3-7-13(9-11)15(17)19-16(18)14-8-4-6-12(2)10-14/h11-14H,3-10H2,1-2H3/t11-,12-,13-,14+/m1/s1. The summed E-state index contributed by atoms with van der Waals surface area (Å²) in [6.07, 6.45) is 8.08. The third kappa shape index (κ3) is 4.05. The topological polar surface area (TPSA) is 43.4 Å². The molecule has 0 saturated heterocycles. The molecule has 0 radical (unpaired) electrons. The van der Waals surface area contributed by atoms with Gasteiger partial charge in [-0.15, -0.1) is 0 Å². The van der Waals surface area contributed by atoms with E-state index in [1.54, 1.807) is 0 Å². The van der Waals surface area contributed by atoms with Gasteiger partial charge in [-0.2, -0.15) is 0 Å². The zero-order valence-electron chi connectivity index (χ0n) is 12.2. The van der Waals surface area contributed by atoms with E-state index in [1.807, 2.05) is 0 Å². The first-order chi connectivity index (χ1) is 9.06. The molecular weight excluding hydrogens is 240 g/mol. The highest BCUT2D eigenvalue weighted by molar-refractivity contribution is 5.88. The predicted molar refractivity (Wildman–Crippen MR) is 73.3 cm³/mol. The average molecular weight is 266 g/mol. The van der Waals surface area contributed by atoms with Gasteiger partial charge in [-0.3, -0.25) is 9.59 Å². The van der Waals surface area contributed by atoms with E-state index >= 15 is 0 Å². The Labute approximate surface area is 116 Å². The molecule has 0 heterocycles. The lowest BCUT2D eigenvalue weighted by Crippen LogP contribution is -2.30. The van der Waals surface area contributed by atoms with Gasteiger partial charge in [-0.1, -0.05) is 39.5 Å². The second-order valence-corrected chi connectivity index (χ2v) is 6.68. The summed E-state index contributed by atoms with van der Waals surface area (Å²) < 4.78 is 5.15. The molecule has 2 fully saturated rings. The molecule has 3 heteroatoms. The molecule has 2 aliphatic carbocycles. The van der Waals surface area contributed by atoms with Crippen molar-refractivity contribution < 1.29 is 14.3 Å². The number of rotatable bonds is 2. The third-order valence-electron chi connectivity index (χ3n) is 4.74. The smallest absolute Gasteiger partial charge is 0.316 e. The average Bonchev–Trinajstić information content (AvgIpc) is 2.38. The van der Waals surface area contributed by atoms with Crippen molar-refractivity contribution in [2.75, 3.05) is 0 Å². The van der Waals surface area contributed by atoms with Gasteiger partial charge in [0.2, 0.25) is 0 Å². The maximum atomic E-state index is 12.0. The van der Waals surface area contributed by atoms with Gasteiger partial charge in [0.25, 0.3) is 0 Å². The molecule has 108 valence electrons. The van der Waals surface area contributed by atoms with Crippen molar-refractivity contribution in [2.24, 2.45) is 23.7 Å². The van der Waals surface area contributed by atoms with Crippen molar-refractivity contribution in [1.29, 1.82) is 0 Å². The first kappa shape index (κ1) is 14.5. The van der Waals surface area contributed by atoms with Crippen LogP contribution in [0, 0.1) is 23.7 Å². The summed E-state index contributed by atoms with van der Waals surface area (Å²) in [6, 6.07) is 0. The Hall–Kier alpha value is -0.860. The Kier molecular flexibility index (Phi) is 5.00. The van der Waals surface area contributed by atoms with Gasteiger partial charge in [-0.05, 0) is 37.5 Å². The van der Waals surface area contributed by atoms with Crippen LogP contribution in [0.25, 0.3) is 0 Å². The van der Waals surface area contributed by atoms with Gasteiger partial charge in [0, 0.05) is 0 Å². The van der Waals surface area contributed by atoms with Crippen LogP contribution in [0.5, 0.6) is 0 Å². The molecule has 0 N–H and O–H groups in total. The van der Waals surface area contributed by atoms with Crippen LogP contribution in [0.4, 0.5) is 0 Å². The Balaban J connectivity index is 1.82. The second-order valence-electron chi connectivity index (χ2n) is 6.68. The summed E-state index contributed by atoms with van der Waals surface area (Å²) in [5, 5.41) is 0. The van der Waals surface area contributed by atoms with Crippen LogP contribution in [-0.4, -0.2) is 11.9 Å². The first-order valence-electron chi connectivity index (χ1n) is 7.81. The Morgan fingerprint density at radius 3 is 1.58 bits per heavy atom. The van der Waals surface area contributed by atoms with E-state index in [1.165, 1.54) is 12.8 Å². The normalized spacial score (nSPS) is 35.7. The minimum atomic E-state index is -0.269. The molecule has 0 bridgehead atoms. The lowest BCUT2D eigenvalue weighted by Gasteiger charge is -2.27. The van der Waals surface area contributed by atoms with Crippen LogP contribution in [0.3, 0.4) is 0 Å². The van der Waals surface area contributed by atoms with Crippen LogP contribution < -0.4 is 0 Å². The molecule has 2 aliphatic rings. The number of ether oxygens (including phenoxy) is 1. The van der Waals surface area contributed by atoms with Crippen LogP contribution in [0.15, 0.2) is 0 Å². The van der Waals surface area contributed by atoms with Crippen molar-refractivity contribution in [3.05, 3.63) is 0 Å². The van der Waals surface area contributed by atoms with E-state index in [4.69, 9.17) is 4.74 Å². The number of hydrogen-bond donors (Lipinski definition) is 0. The number of hydrogen-bond acceptors (Lipinski definition) is 3. The Morgan fingerprint density at radius 2 is 1.21 bits per heavy atom. The number of carbonyl (C=O) groups is 2. The summed E-state index contributed by atoms with van der Waals surface area (Å²) in [4.78, 5) is 24.1. The molecule has 0 unspecified atom stereocenters. The van der Waals surface area contributed by atoms with Crippen LogP contribution in [-0.2, 0) is 14.3 Å². The quantitative estimate of drug-likeness (QED) is 0.565. The molecule has 3 nitrogen and oxygen atoms in total. The van der Waals surface area contributed by atoms with Crippen molar-refractivity contribution >= 4 is 11.9 Å². The van der Waals surface area contributed by atoms with E-state index in [2.05, 4.69) is 13.8 Å². The van der Waals surface area contributed by atoms with E-state index in [-0.39, 0.29) is 23.8 Å². The van der Waals surface area contributed by atoms with Gasteiger partial charge in [0.1, 0.15) is 0 Å². The van der Waals surface area contributed by atoms with Crippen molar-refractivity contribution in [3.63, 3.8) is 0 Å². The molecule has 0 aromatic carbocycles. The fraction of sp³-hybridized carbons (Fsp3) is 0.875. The highest BCUT2D eigenvalue weighted by Gasteiger charge is 2.32. The van der Waals surface area contributed by atoms with Crippen molar-refractivity contribution in [2.45, 2.75) is 65.2 Å². The van der Waals surface area contributed by atoms with Gasteiger partial charge >= 0.3 is 11.9 Å². The first-order valence-corrected chi connectivity index (χ1v) is 7.81. The molecule has 0 aromatic rings. The molecule has 19 heavy (non-hydrogen) atoms. The summed E-state index contributed by atoms with van der Waals surface area (Å²) in [5.74, 6) is 0.527. The second kappa shape index (κ2) is 6.53. The Bertz CT molecular complexity index is 305. The summed E-state index contributed by atoms with van der Waals surface area (Å²) in [6.45, 7) is 4.34. The monoisotopic (exact) mass is 266 g/mol. The summed E-state index contributed by atoms with van der Waals surface area (Å²) in [5.41, 5.74) is 0. The van der Waals surface area contributed by atoms with E-state index in [0.717, 1.165) is 38.5 Å². The lowest BCUT2D eigenvalue weighted by molar-refractivity contribution is -0.167. The molecule has 2 rings (SSSR count). The molecular formula is C16H26O3. The molecule has 0 aliphatic heterocycles. The molecule has 0 spiro atoms. The van der Waals surface area contributed by atoms with E-state index < -0.39 is 0 Å². The fourth-order valence-corrected chi connectivity index (χ4v) is 3.56. The summed E-state index contributed by atoms with van der Waals surface area (Å²) >= 11 is 0. The molecule has 0 aromatic heterocycles. The van der Waals surface area contributed by atoms with Crippen LogP contribution in [0.2, 0.25) is 0 Å². The van der Waals surface area contributed by atoms with Crippen LogP contribution >= 0.6 is 0 Å². The van der Waals surface area contributed by atoms with E-state index in [0.29, 0.717) is 11.8 Å². The maximum absolute atomic E-state index is 12.0. The van der Waals surface area contributed by atoms with Gasteiger partial charge in [0.15, 0.2) is 0 Å². The molecule has 0 amide bonds. The highest BCUT2D eigenvalue weighted by Crippen LogP contribution is 2.32. The molecule has 2 saturated carbocycles. The SMILES string of the molecule is C[C@@H]1CCC[C@@H](C(=O)OC(=O)[C@H]2CCC[C@@H](C)C2)C1. The number of carbonyl (C=O) groups excluding carboxylic acids is 2. The zero-order valence-corrected chi connectivity index (χ0v) is 12.2. The predicted octanol–water partition coefficient (Wildman–Crippen LogP) is 3.71. The fourth-order valence-electron chi connectivity index (χ4n) is 3.56. The Morgan fingerprint density at radius 1 is 0.789 bits per heavy atom. The van der Waals surface area contributed by atoms with Crippen LogP contribution in [0.1, 0.15) is 65.2 Å². The van der Waals surface area contributed by atoms with Gasteiger partial charge in [-0.25, -0.2) is 0 Å². The van der Waals surface area contributed by atoms with Crippen molar-refractivity contribution in [1.82, 2.24) is 0 Å². The number of esters is 2. The third-order valence-corrected chi connectivity index (χ3v) is 4.74. The van der Waals surface area contributed by atoms with Gasteiger partial charge < -0.3 is 4.74 Å². The van der Waals surface area contributed by atoms with Crippen molar-refractivity contribution in [3.8, 4) is 0 Å². The summed E-state index contributed by atoms with van der Waals surface area (Å²) in [7, 11) is 0. The zero-order chi connectivity index (χ0) is 13.8. The largest absolute Gasteiger partial charge is 0.393 e. The lowest BCUT2D eigenvalue weighted by atomic mass is 9.82. The minimum Gasteiger partial charge on any atom is -0.393 e. The minimum absolute atomic E-state index is 0.0475.